The molecule has 3 aromatic carbocycles. The predicted octanol–water partition coefficient (Wildman–Crippen LogP) is 7.51. The van der Waals surface area contributed by atoms with E-state index in [0.717, 1.165) is 18.4 Å². The number of carbonyl (C=O) groups is 3. The highest BCUT2D eigenvalue weighted by Crippen LogP contribution is 2.38. The van der Waals surface area contributed by atoms with Crippen LogP contribution in [0.4, 0.5) is 11.4 Å². The zero-order valence-corrected chi connectivity index (χ0v) is 24.9. The van der Waals surface area contributed by atoms with Crippen LogP contribution in [0.1, 0.15) is 75.9 Å². The Hall–Kier alpha value is -3.64. The number of hydrogen-bond acceptors (Lipinski definition) is 4. The van der Waals surface area contributed by atoms with Gasteiger partial charge in [0.15, 0.2) is 17.8 Å². The fourth-order valence-corrected chi connectivity index (χ4v) is 4.26. The van der Waals surface area contributed by atoms with Crippen molar-refractivity contribution in [3.05, 3.63) is 89.5 Å². The highest BCUT2D eigenvalue weighted by molar-refractivity contribution is 6.45. The highest BCUT2D eigenvalue weighted by Gasteiger charge is 2.28. The van der Waals surface area contributed by atoms with Gasteiger partial charge in [-0.15, -0.1) is 11.6 Å². The first kappa shape index (κ1) is 30.9. The first-order chi connectivity index (χ1) is 18.9. The van der Waals surface area contributed by atoms with Crippen molar-refractivity contribution < 1.29 is 19.1 Å². The van der Waals surface area contributed by atoms with Crippen molar-refractivity contribution in [2.24, 2.45) is 0 Å². The highest BCUT2D eigenvalue weighted by atomic mass is 35.5. The summed E-state index contributed by atoms with van der Waals surface area (Å²) in [4.78, 5) is 38.2. The van der Waals surface area contributed by atoms with Crippen LogP contribution in [0.5, 0.6) is 5.75 Å². The van der Waals surface area contributed by atoms with Crippen LogP contribution in [0.3, 0.4) is 0 Å². The predicted molar refractivity (Wildman–Crippen MR) is 163 cm³/mol. The summed E-state index contributed by atoms with van der Waals surface area (Å²) in [5.41, 5.74) is 3.35. The van der Waals surface area contributed by atoms with Crippen LogP contribution in [-0.4, -0.2) is 29.6 Å². The molecule has 0 saturated carbocycles. The van der Waals surface area contributed by atoms with Crippen LogP contribution in [0.15, 0.2) is 72.8 Å². The molecular formula is C33H39ClN2O4. The maximum Gasteiger partial charge on any atom is 0.262 e. The van der Waals surface area contributed by atoms with E-state index >= 15 is 0 Å². The average molecular weight is 563 g/mol. The number of halogens is 1. The Labute approximate surface area is 242 Å². The number of Topliss-reactive ketones (excluding diaryl/α,β-unsaturated/α-hetero) is 1. The number of ketones is 1. The van der Waals surface area contributed by atoms with E-state index < -0.39 is 17.1 Å². The molecule has 0 bridgehead atoms. The second-order valence-corrected chi connectivity index (χ2v) is 11.6. The Morgan fingerprint density at radius 2 is 1.45 bits per heavy atom. The monoisotopic (exact) mass is 562 g/mol. The largest absolute Gasteiger partial charge is 0.483 e. The minimum Gasteiger partial charge on any atom is -0.483 e. The molecule has 3 aromatic rings. The molecule has 1 unspecified atom stereocenters. The van der Waals surface area contributed by atoms with Crippen molar-refractivity contribution in [1.29, 1.82) is 0 Å². The molecule has 7 heteroatoms. The summed E-state index contributed by atoms with van der Waals surface area (Å²) in [5, 5.41) is 3.98. The lowest BCUT2D eigenvalue weighted by atomic mass is 9.76. The van der Waals surface area contributed by atoms with Crippen molar-refractivity contribution in [3.8, 4) is 5.75 Å². The van der Waals surface area contributed by atoms with Crippen LogP contribution in [0, 0.1) is 0 Å². The van der Waals surface area contributed by atoms with Gasteiger partial charge in [-0.2, -0.15) is 0 Å². The minimum atomic E-state index is -1.42. The van der Waals surface area contributed by atoms with Gasteiger partial charge in [-0.05, 0) is 59.6 Å². The van der Waals surface area contributed by atoms with Gasteiger partial charge in [0.1, 0.15) is 5.75 Å². The standard InChI is InChI=1S/C33H39ClN2O4/c1-7-32(3,4)23-17-18-27(26(20-23)33(5,6)8-2)40-21-28(37)35-25-16-12-13-22(19-25)30(38)29(34)31(39)36-24-14-10-9-11-15-24/h9-20,29H,7-8,21H2,1-6H3,(H,35,37)(H,36,39). The first-order valence-electron chi connectivity index (χ1n) is 13.6. The molecule has 212 valence electrons. The number of anilines is 2. The summed E-state index contributed by atoms with van der Waals surface area (Å²) in [6, 6.07) is 21.3. The van der Waals surface area contributed by atoms with Crippen LogP contribution in [0.2, 0.25) is 0 Å². The van der Waals surface area contributed by atoms with Crippen molar-refractivity contribution >= 4 is 40.6 Å². The summed E-state index contributed by atoms with van der Waals surface area (Å²) in [6.45, 7) is 12.9. The molecule has 1 atom stereocenters. The third-order valence-corrected chi connectivity index (χ3v) is 7.95. The van der Waals surface area contributed by atoms with E-state index in [9.17, 15) is 14.4 Å². The fourth-order valence-electron chi connectivity index (χ4n) is 4.08. The van der Waals surface area contributed by atoms with Gasteiger partial charge >= 0.3 is 0 Å². The van der Waals surface area contributed by atoms with E-state index in [-0.39, 0.29) is 28.9 Å². The lowest BCUT2D eigenvalue weighted by Gasteiger charge is -2.30. The van der Waals surface area contributed by atoms with E-state index in [1.165, 1.54) is 11.6 Å². The van der Waals surface area contributed by atoms with Crippen LogP contribution in [-0.2, 0) is 20.4 Å². The molecular weight excluding hydrogens is 524 g/mol. The molecule has 0 fully saturated rings. The van der Waals surface area contributed by atoms with Gasteiger partial charge in [0.2, 0.25) is 5.91 Å². The summed E-state index contributed by atoms with van der Waals surface area (Å²) < 4.78 is 6.01. The van der Waals surface area contributed by atoms with Crippen LogP contribution < -0.4 is 15.4 Å². The molecule has 0 aliphatic carbocycles. The molecule has 0 saturated heterocycles. The maximum absolute atomic E-state index is 12.9. The summed E-state index contributed by atoms with van der Waals surface area (Å²) in [6.07, 6.45) is 1.92. The zero-order chi connectivity index (χ0) is 29.5. The van der Waals surface area contributed by atoms with Gasteiger partial charge in [-0.25, -0.2) is 0 Å². The molecule has 0 aliphatic rings. The molecule has 0 spiro atoms. The molecule has 40 heavy (non-hydrogen) atoms. The molecule has 0 aliphatic heterocycles. The molecule has 0 radical (unpaired) electrons. The normalized spacial score (nSPS) is 12.4. The lowest BCUT2D eigenvalue weighted by Crippen LogP contribution is -2.30. The van der Waals surface area contributed by atoms with Gasteiger partial charge in [0.05, 0.1) is 0 Å². The summed E-state index contributed by atoms with van der Waals surface area (Å²) in [7, 11) is 0. The number of benzene rings is 3. The first-order valence-corrected chi connectivity index (χ1v) is 14.0. The van der Waals surface area contributed by atoms with Gasteiger partial charge in [0, 0.05) is 22.5 Å². The number of carbonyl (C=O) groups excluding carboxylic acids is 3. The average Bonchev–Trinajstić information content (AvgIpc) is 2.95. The van der Waals surface area contributed by atoms with E-state index in [0.29, 0.717) is 17.1 Å². The van der Waals surface area contributed by atoms with Crippen molar-refractivity contribution in [2.45, 2.75) is 70.6 Å². The topological polar surface area (TPSA) is 84.5 Å². The SMILES string of the molecule is CCC(C)(C)c1ccc(OCC(=O)Nc2cccc(C(=O)C(Cl)C(=O)Nc3ccccc3)c2)c(C(C)(C)CC)c1. The Morgan fingerprint density at radius 1 is 0.800 bits per heavy atom. The Bertz CT molecular complexity index is 1350. The van der Waals surface area contributed by atoms with E-state index in [1.54, 1.807) is 42.5 Å². The second-order valence-electron chi connectivity index (χ2n) is 11.2. The molecule has 2 amide bonds. The van der Waals surface area contributed by atoms with Gasteiger partial charge in [-0.1, -0.05) is 84.0 Å². The number of rotatable bonds is 12. The van der Waals surface area contributed by atoms with Crippen LogP contribution >= 0.6 is 11.6 Å². The zero-order valence-electron chi connectivity index (χ0n) is 24.1. The quantitative estimate of drug-likeness (QED) is 0.136. The van der Waals surface area contributed by atoms with Crippen molar-refractivity contribution in [1.82, 2.24) is 0 Å². The Kier molecular flexibility index (Phi) is 10.2. The van der Waals surface area contributed by atoms with E-state index in [2.05, 4.69) is 64.3 Å². The summed E-state index contributed by atoms with van der Waals surface area (Å²) in [5.74, 6) is -0.883. The Balaban J connectivity index is 1.68. The van der Waals surface area contributed by atoms with Crippen molar-refractivity contribution in [3.63, 3.8) is 0 Å². The number of alkyl halides is 1. The number of amides is 2. The molecule has 6 nitrogen and oxygen atoms in total. The van der Waals surface area contributed by atoms with E-state index in [4.69, 9.17) is 16.3 Å². The lowest BCUT2D eigenvalue weighted by molar-refractivity contribution is -0.118. The van der Waals surface area contributed by atoms with Gasteiger partial charge in [0.25, 0.3) is 5.91 Å². The van der Waals surface area contributed by atoms with Gasteiger partial charge in [-0.3, -0.25) is 14.4 Å². The van der Waals surface area contributed by atoms with Crippen LogP contribution in [0.25, 0.3) is 0 Å². The molecule has 0 heterocycles. The molecule has 3 rings (SSSR count). The second kappa shape index (κ2) is 13.1. The van der Waals surface area contributed by atoms with E-state index in [1.807, 2.05) is 12.1 Å². The molecule has 2 N–H and O–H groups in total. The third-order valence-electron chi connectivity index (χ3n) is 7.55. The van der Waals surface area contributed by atoms with Gasteiger partial charge < -0.3 is 15.4 Å². The third kappa shape index (κ3) is 7.72. The van der Waals surface area contributed by atoms with Crippen molar-refractivity contribution in [2.75, 3.05) is 17.2 Å². The smallest absolute Gasteiger partial charge is 0.262 e. The maximum atomic E-state index is 12.9. The number of para-hydroxylation sites is 1. The number of ether oxygens (including phenoxy) is 1. The minimum absolute atomic E-state index is 0.0290. The summed E-state index contributed by atoms with van der Waals surface area (Å²) >= 11 is 6.18. The number of nitrogens with one attached hydrogen (secondary N) is 2. The number of hydrogen-bond donors (Lipinski definition) is 2. The molecule has 0 aromatic heterocycles. The fraction of sp³-hybridized carbons (Fsp3) is 0.364. The Morgan fingerprint density at radius 3 is 2.10 bits per heavy atom.